The van der Waals surface area contributed by atoms with Crippen LogP contribution in [0.25, 0.3) is 0 Å². The molecule has 1 aliphatic carbocycles. The second-order valence-corrected chi connectivity index (χ2v) is 3.95. The lowest BCUT2D eigenvalue weighted by molar-refractivity contribution is 0.0696. The van der Waals surface area contributed by atoms with Crippen LogP contribution in [0.5, 0.6) is 0 Å². The molecule has 2 rings (SSSR count). The standard InChI is InChI=1S/C10H7ClN2O2/c11-8-4-6(9(14)15)3-7(13-8)10(5-12)1-2-10/h3-4H,1-2H2,(H,14,15). The first kappa shape index (κ1) is 9.94. The molecule has 1 heterocycles. The zero-order valence-electron chi connectivity index (χ0n) is 7.70. The van der Waals surface area contributed by atoms with Crippen molar-refractivity contribution in [2.75, 3.05) is 0 Å². The number of aromatic carboxylic acids is 1. The van der Waals surface area contributed by atoms with Crippen molar-refractivity contribution in [2.45, 2.75) is 18.3 Å². The second-order valence-electron chi connectivity index (χ2n) is 3.56. The third-order valence-electron chi connectivity index (χ3n) is 2.50. The van der Waals surface area contributed by atoms with E-state index >= 15 is 0 Å². The Bertz CT molecular complexity index is 475. The van der Waals surface area contributed by atoms with Gasteiger partial charge in [-0.05, 0) is 25.0 Å². The summed E-state index contributed by atoms with van der Waals surface area (Å²) in [5, 5.41) is 17.9. The van der Waals surface area contributed by atoms with E-state index in [9.17, 15) is 4.79 Å². The zero-order valence-corrected chi connectivity index (χ0v) is 8.45. The van der Waals surface area contributed by atoms with E-state index in [0.29, 0.717) is 5.69 Å². The quantitative estimate of drug-likeness (QED) is 0.777. The molecule has 1 fully saturated rings. The molecule has 0 amide bonds. The number of carboxylic acids is 1. The summed E-state index contributed by atoms with van der Waals surface area (Å²) in [6.45, 7) is 0. The Kier molecular flexibility index (Phi) is 2.13. The summed E-state index contributed by atoms with van der Waals surface area (Å²) in [5.41, 5.74) is -0.0591. The predicted molar refractivity (Wildman–Crippen MR) is 52.7 cm³/mol. The maximum absolute atomic E-state index is 10.8. The van der Waals surface area contributed by atoms with E-state index < -0.39 is 11.4 Å². The van der Waals surface area contributed by atoms with Crippen molar-refractivity contribution in [2.24, 2.45) is 0 Å². The van der Waals surface area contributed by atoms with Crippen LogP contribution in [-0.4, -0.2) is 16.1 Å². The van der Waals surface area contributed by atoms with Crippen LogP contribution in [0.3, 0.4) is 0 Å². The lowest BCUT2D eigenvalue weighted by Crippen LogP contribution is -2.08. The van der Waals surface area contributed by atoms with Crippen LogP contribution in [-0.2, 0) is 5.41 Å². The van der Waals surface area contributed by atoms with Crippen molar-refractivity contribution >= 4 is 17.6 Å². The summed E-state index contributed by atoms with van der Waals surface area (Å²) >= 11 is 5.70. The number of halogens is 1. The fraction of sp³-hybridized carbons (Fsp3) is 0.300. The van der Waals surface area contributed by atoms with Gasteiger partial charge in [-0.3, -0.25) is 0 Å². The smallest absolute Gasteiger partial charge is 0.335 e. The molecule has 5 heteroatoms. The maximum Gasteiger partial charge on any atom is 0.335 e. The highest BCUT2D eigenvalue weighted by Crippen LogP contribution is 2.47. The number of carboxylic acid groups (broad SMARTS) is 1. The van der Waals surface area contributed by atoms with Crippen molar-refractivity contribution < 1.29 is 9.90 Å². The topological polar surface area (TPSA) is 74.0 Å². The molecular weight excluding hydrogens is 216 g/mol. The van der Waals surface area contributed by atoms with Crippen molar-refractivity contribution in [3.05, 3.63) is 28.5 Å². The minimum absolute atomic E-state index is 0.0755. The maximum atomic E-state index is 10.8. The normalized spacial score (nSPS) is 16.8. The fourth-order valence-electron chi connectivity index (χ4n) is 1.42. The summed E-state index contributed by atoms with van der Waals surface area (Å²) < 4.78 is 0. The number of hydrogen-bond donors (Lipinski definition) is 1. The molecule has 0 spiro atoms. The van der Waals surface area contributed by atoms with Gasteiger partial charge in [-0.15, -0.1) is 0 Å². The number of carbonyl (C=O) groups is 1. The largest absolute Gasteiger partial charge is 0.478 e. The van der Waals surface area contributed by atoms with Crippen LogP contribution in [0.4, 0.5) is 0 Å². The van der Waals surface area contributed by atoms with Crippen LogP contribution in [0, 0.1) is 11.3 Å². The van der Waals surface area contributed by atoms with Gasteiger partial charge in [0.25, 0.3) is 0 Å². The molecule has 1 aromatic rings. The molecule has 0 aliphatic heterocycles. The van der Waals surface area contributed by atoms with Gasteiger partial charge in [-0.25, -0.2) is 9.78 Å². The van der Waals surface area contributed by atoms with E-state index in [-0.39, 0.29) is 10.7 Å². The first-order valence-corrected chi connectivity index (χ1v) is 4.78. The molecule has 1 N–H and O–H groups in total. The summed E-state index contributed by atoms with van der Waals surface area (Å²) in [6, 6.07) is 4.85. The Morgan fingerprint density at radius 2 is 2.27 bits per heavy atom. The number of nitriles is 1. The summed E-state index contributed by atoms with van der Waals surface area (Å²) in [5.74, 6) is -1.06. The molecule has 1 aliphatic rings. The van der Waals surface area contributed by atoms with Gasteiger partial charge in [0.2, 0.25) is 0 Å². The second kappa shape index (κ2) is 3.21. The SMILES string of the molecule is N#CC1(c2cc(C(=O)O)cc(Cl)n2)CC1. The number of nitrogens with zero attached hydrogens (tertiary/aromatic N) is 2. The molecule has 1 saturated carbocycles. The van der Waals surface area contributed by atoms with Crippen LogP contribution in [0.2, 0.25) is 5.15 Å². The van der Waals surface area contributed by atoms with Gasteiger partial charge in [-0.2, -0.15) is 5.26 Å². The highest BCUT2D eigenvalue weighted by molar-refractivity contribution is 6.29. The Hall–Kier alpha value is -1.60. The van der Waals surface area contributed by atoms with Crippen molar-refractivity contribution in [1.29, 1.82) is 5.26 Å². The Morgan fingerprint density at radius 3 is 2.73 bits per heavy atom. The van der Waals surface area contributed by atoms with Crippen LogP contribution in [0.1, 0.15) is 28.9 Å². The Balaban J connectivity index is 2.50. The fourth-order valence-corrected chi connectivity index (χ4v) is 1.62. The predicted octanol–water partition coefficient (Wildman–Crippen LogP) is 1.99. The monoisotopic (exact) mass is 222 g/mol. The van der Waals surface area contributed by atoms with E-state index in [1.807, 2.05) is 0 Å². The molecular formula is C10H7ClN2O2. The van der Waals surface area contributed by atoms with E-state index in [0.717, 1.165) is 12.8 Å². The van der Waals surface area contributed by atoms with Gasteiger partial charge in [0.1, 0.15) is 5.15 Å². The molecule has 0 unspecified atom stereocenters. The van der Waals surface area contributed by atoms with E-state index in [1.54, 1.807) is 0 Å². The van der Waals surface area contributed by atoms with Crippen molar-refractivity contribution in [1.82, 2.24) is 4.98 Å². The van der Waals surface area contributed by atoms with Gasteiger partial charge in [0.05, 0.1) is 22.7 Å². The van der Waals surface area contributed by atoms with E-state index in [2.05, 4.69) is 11.1 Å². The van der Waals surface area contributed by atoms with Gasteiger partial charge in [0.15, 0.2) is 0 Å². The van der Waals surface area contributed by atoms with Crippen LogP contribution >= 0.6 is 11.6 Å². The Morgan fingerprint density at radius 1 is 1.60 bits per heavy atom. The summed E-state index contributed by atoms with van der Waals surface area (Å²) in [7, 11) is 0. The molecule has 15 heavy (non-hydrogen) atoms. The molecule has 0 bridgehead atoms. The third-order valence-corrected chi connectivity index (χ3v) is 2.69. The summed E-state index contributed by atoms with van der Waals surface area (Å²) in [4.78, 5) is 14.8. The average molecular weight is 223 g/mol. The van der Waals surface area contributed by atoms with Crippen molar-refractivity contribution in [3.63, 3.8) is 0 Å². The zero-order chi connectivity index (χ0) is 11.1. The van der Waals surface area contributed by atoms with E-state index in [1.165, 1.54) is 12.1 Å². The number of rotatable bonds is 2. The molecule has 1 aromatic heterocycles. The lowest BCUT2D eigenvalue weighted by atomic mass is 10.0. The van der Waals surface area contributed by atoms with E-state index in [4.69, 9.17) is 22.0 Å². The van der Waals surface area contributed by atoms with Gasteiger partial charge < -0.3 is 5.11 Å². The number of hydrogen-bond acceptors (Lipinski definition) is 3. The number of pyridine rings is 1. The minimum Gasteiger partial charge on any atom is -0.478 e. The highest BCUT2D eigenvalue weighted by atomic mass is 35.5. The molecule has 4 nitrogen and oxygen atoms in total. The van der Waals surface area contributed by atoms with Gasteiger partial charge >= 0.3 is 5.97 Å². The lowest BCUT2D eigenvalue weighted by Gasteiger charge is -2.06. The Labute approximate surface area is 91.1 Å². The summed E-state index contributed by atoms with van der Waals surface area (Å²) in [6.07, 6.45) is 1.44. The van der Waals surface area contributed by atoms with Crippen LogP contribution in [0.15, 0.2) is 12.1 Å². The minimum atomic E-state index is -1.06. The molecule has 0 aromatic carbocycles. The first-order valence-electron chi connectivity index (χ1n) is 4.40. The molecule has 0 saturated heterocycles. The van der Waals surface area contributed by atoms with Crippen molar-refractivity contribution in [3.8, 4) is 6.07 Å². The third kappa shape index (κ3) is 1.66. The molecule has 0 atom stereocenters. The highest BCUT2D eigenvalue weighted by Gasteiger charge is 2.46. The molecule has 0 radical (unpaired) electrons. The van der Waals surface area contributed by atoms with Crippen LogP contribution < -0.4 is 0 Å². The number of aromatic nitrogens is 1. The average Bonchev–Trinajstić information content (AvgIpc) is 2.97. The first-order chi connectivity index (χ1) is 7.07. The van der Waals surface area contributed by atoms with Gasteiger partial charge in [0, 0.05) is 0 Å². The van der Waals surface area contributed by atoms with Gasteiger partial charge in [-0.1, -0.05) is 11.6 Å². The molecule has 76 valence electrons.